The Morgan fingerprint density at radius 2 is 1.82 bits per heavy atom. The summed E-state index contributed by atoms with van der Waals surface area (Å²) in [5.74, 6) is 0.173. The maximum absolute atomic E-state index is 11.4. The first-order valence-electron chi connectivity index (χ1n) is 5.74. The van der Waals surface area contributed by atoms with Crippen molar-refractivity contribution in [2.75, 3.05) is 51.3 Å². The summed E-state index contributed by atoms with van der Waals surface area (Å²) in [6.07, 6.45) is 0.956. The van der Waals surface area contributed by atoms with Crippen LogP contribution in [0.25, 0.3) is 0 Å². The van der Waals surface area contributed by atoms with E-state index in [0.29, 0.717) is 39.3 Å². The summed E-state index contributed by atoms with van der Waals surface area (Å²) in [6.45, 7) is 5.30. The number of carbonyl (C=O) groups is 1. The fourth-order valence-corrected chi connectivity index (χ4v) is 2.25. The first-order chi connectivity index (χ1) is 7.92. The summed E-state index contributed by atoms with van der Waals surface area (Å²) in [5.41, 5.74) is 0. The van der Waals surface area contributed by atoms with Gasteiger partial charge in [0, 0.05) is 39.0 Å². The molecular weight excluding hydrogens is 244 g/mol. The molecule has 1 amide bonds. The Morgan fingerprint density at radius 1 is 1.24 bits per heavy atom. The third-order valence-electron chi connectivity index (χ3n) is 2.68. The van der Waals surface area contributed by atoms with Gasteiger partial charge in [-0.1, -0.05) is 0 Å². The monoisotopic (exact) mass is 264 g/mol. The summed E-state index contributed by atoms with van der Waals surface area (Å²) in [6, 6.07) is 0. The lowest BCUT2D eigenvalue weighted by Gasteiger charge is -2.33. The maximum atomic E-state index is 11.4. The molecule has 1 fully saturated rings. The highest BCUT2D eigenvalue weighted by Crippen LogP contribution is 2.04. The Balaban J connectivity index is 2.28. The highest BCUT2D eigenvalue weighted by Gasteiger charge is 2.22. The zero-order valence-electron chi connectivity index (χ0n) is 10.4. The number of amides is 1. The van der Waals surface area contributed by atoms with Gasteiger partial charge in [-0.15, -0.1) is 0 Å². The molecule has 0 aromatic heterocycles. The van der Waals surface area contributed by atoms with Crippen molar-refractivity contribution < 1.29 is 17.9 Å². The van der Waals surface area contributed by atoms with E-state index in [1.165, 1.54) is 6.26 Å². The highest BCUT2D eigenvalue weighted by atomic mass is 32.2. The Hall–Kier alpha value is -0.820. The number of hydrogen-bond donors (Lipinski definition) is 0. The first-order valence-corrected chi connectivity index (χ1v) is 7.80. The highest BCUT2D eigenvalue weighted by molar-refractivity contribution is 7.90. The Kier molecular flexibility index (Phi) is 5.20. The molecule has 0 bridgehead atoms. The summed E-state index contributed by atoms with van der Waals surface area (Å²) in [5, 5.41) is 0. The standard InChI is InChI=1S/C10H20N2O4S/c1-3-16-10(13)12-6-4-11(5-7-12)8-9-17(2,14)15/h3-9H2,1-2H3. The van der Waals surface area contributed by atoms with E-state index in [0.717, 1.165) is 0 Å². The van der Waals surface area contributed by atoms with Crippen molar-refractivity contribution in [3.63, 3.8) is 0 Å². The molecule has 1 saturated heterocycles. The molecular formula is C10H20N2O4S. The second kappa shape index (κ2) is 6.20. The van der Waals surface area contributed by atoms with Crippen LogP contribution in [0.5, 0.6) is 0 Å². The number of nitrogens with zero attached hydrogens (tertiary/aromatic N) is 2. The van der Waals surface area contributed by atoms with Gasteiger partial charge in [-0.05, 0) is 6.92 Å². The van der Waals surface area contributed by atoms with Gasteiger partial charge >= 0.3 is 6.09 Å². The fraction of sp³-hybridized carbons (Fsp3) is 0.900. The molecule has 1 rings (SSSR count). The topological polar surface area (TPSA) is 66.9 Å². The van der Waals surface area contributed by atoms with Gasteiger partial charge in [0.1, 0.15) is 9.84 Å². The molecule has 0 aromatic carbocycles. The van der Waals surface area contributed by atoms with Crippen molar-refractivity contribution in [2.24, 2.45) is 0 Å². The summed E-state index contributed by atoms with van der Waals surface area (Å²) in [4.78, 5) is 15.1. The molecule has 1 aliphatic heterocycles. The molecule has 7 heteroatoms. The van der Waals surface area contributed by atoms with Gasteiger partial charge in [-0.25, -0.2) is 13.2 Å². The van der Waals surface area contributed by atoms with E-state index in [1.54, 1.807) is 11.8 Å². The van der Waals surface area contributed by atoms with Crippen LogP contribution in [0.1, 0.15) is 6.92 Å². The van der Waals surface area contributed by atoms with E-state index < -0.39 is 9.84 Å². The summed E-state index contributed by atoms with van der Waals surface area (Å²) in [7, 11) is -2.91. The minimum atomic E-state index is -2.91. The number of piperazine rings is 1. The van der Waals surface area contributed by atoms with Gasteiger partial charge in [0.15, 0.2) is 0 Å². The van der Waals surface area contributed by atoms with Crippen LogP contribution in [0.3, 0.4) is 0 Å². The largest absolute Gasteiger partial charge is 0.450 e. The third-order valence-corrected chi connectivity index (χ3v) is 3.60. The molecule has 100 valence electrons. The van der Waals surface area contributed by atoms with Crippen molar-refractivity contribution in [1.82, 2.24) is 9.80 Å². The van der Waals surface area contributed by atoms with Crippen LogP contribution in [0.15, 0.2) is 0 Å². The van der Waals surface area contributed by atoms with E-state index >= 15 is 0 Å². The van der Waals surface area contributed by atoms with Crippen molar-refractivity contribution in [2.45, 2.75) is 6.92 Å². The number of rotatable bonds is 4. The van der Waals surface area contributed by atoms with Crippen LogP contribution in [-0.2, 0) is 14.6 Å². The molecule has 1 aliphatic rings. The molecule has 0 N–H and O–H groups in total. The van der Waals surface area contributed by atoms with Gasteiger partial charge in [0.05, 0.1) is 12.4 Å². The number of carbonyl (C=O) groups excluding carboxylic acids is 1. The van der Waals surface area contributed by atoms with E-state index in [2.05, 4.69) is 4.90 Å². The quantitative estimate of drug-likeness (QED) is 0.704. The van der Waals surface area contributed by atoms with Crippen LogP contribution >= 0.6 is 0 Å². The molecule has 0 radical (unpaired) electrons. The molecule has 0 aromatic rings. The van der Waals surface area contributed by atoms with E-state index in [9.17, 15) is 13.2 Å². The molecule has 0 atom stereocenters. The lowest BCUT2D eigenvalue weighted by molar-refractivity contribution is 0.0812. The molecule has 17 heavy (non-hydrogen) atoms. The lowest BCUT2D eigenvalue weighted by Crippen LogP contribution is -2.49. The van der Waals surface area contributed by atoms with Gasteiger partial charge in [-0.2, -0.15) is 0 Å². The van der Waals surface area contributed by atoms with Gasteiger partial charge < -0.3 is 9.64 Å². The van der Waals surface area contributed by atoms with Crippen LogP contribution < -0.4 is 0 Å². The minimum Gasteiger partial charge on any atom is -0.450 e. The van der Waals surface area contributed by atoms with Crippen LogP contribution in [0, 0.1) is 0 Å². The predicted octanol–water partition coefficient (Wildman–Crippen LogP) is -0.195. The third kappa shape index (κ3) is 5.36. The normalized spacial score (nSPS) is 18.1. The van der Waals surface area contributed by atoms with Crippen LogP contribution in [0.2, 0.25) is 0 Å². The van der Waals surface area contributed by atoms with Gasteiger partial charge in [-0.3, -0.25) is 4.90 Å². The van der Waals surface area contributed by atoms with Crippen molar-refractivity contribution in [3.05, 3.63) is 0 Å². The number of ether oxygens (including phenoxy) is 1. The molecule has 1 heterocycles. The zero-order chi connectivity index (χ0) is 12.9. The summed E-state index contributed by atoms with van der Waals surface area (Å²) >= 11 is 0. The van der Waals surface area contributed by atoms with Crippen LogP contribution in [-0.4, -0.2) is 75.7 Å². The first kappa shape index (κ1) is 14.2. The Labute approximate surface area is 102 Å². The Bertz CT molecular complexity index is 347. The molecule has 0 saturated carbocycles. The van der Waals surface area contributed by atoms with Crippen LogP contribution in [0.4, 0.5) is 4.79 Å². The maximum Gasteiger partial charge on any atom is 0.409 e. The molecule has 0 spiro atoms. The SMILES string of the molecule is CCOC(=O)N1CCN(CCS(C)(=O)=O)CC1. The van der Waals surface area contributed by atoms with E-state index in [4.69, 9.17) is 4.74 Å². The van der Waals surface area contributed by atoms with Crippen molar-refractivity contribution >= 4 is 15.9 Å². The molecule has 0 aliphatic carbocycles. The average molecular weight is 264 g/mol. The Morgan fingerprint density at radius 3 is 2.29 bits per heavy atom. The van der Waals surface area contributed by atoms with E-state index in [-0.39, 0.29) is 11.8 Å². The van der Waals surface area contributed by atoms with Crippen molar-refractivity contribution in [3.8, 4) is 0 Å². The second-order valence-electron chi connectivity index (χ2n) is 4.16. The smallest absolute Gasteiger partial charge is 0.409 e. The molecule has 0 unspecified atom stereocenters. The predicted molar refractivity (Wildman–Crippen MR) is 64.7 cm³/mol. The van der Waals surface area contributed by atoms with Crippen molar-refractivity contribution in [1.29, 1.82) is 0 Å². The molecule has 6 nitrogen and oxygen atoms in total. The zero-order valence-corrected chi connectivity index (χ0v) is 11.2. The summed E-state index contributed by atoms with van der Waals surface area (Å²) < 4.78 is 26.9. The average Bonchev–Trinajstić information content (AvgIpc) is 2.26. The fourth-order valence-electron chi connectivity index (χ4n) is 1.66. The number of sulfone groups is 1. The lowest BCUT2D eigenvalue weighted by atomic mass is 10.3. The van der Waals surface area contributed by atoms with Gasteiger partial charge in [0.2, 0.25) is 0 Å². The number of hydrogen-bond acceptors (Lipinski definition) is 5. The van der Waals surface area contributed by atoms with Gasteiger partial charge in [0.25, 0.3) is 0 Å². The minimum absolute atomic E-state index is 0.173. The van der Waals surface area contributed by atoms with E-state index in [1.807, 2.05) is 0 Å². The second-order valence-corrected chi connectivity index (χ2v) is 6.42.